The lowest BCUT2D eigenvalue weighted by atomic mass is 10.2. The molecule has 2 aliphatic heterocycles. The summed E-state index contributed by atoms with van der Waals surface area (Å²) in [4.78, 5) is 29.2. The molecule has 0 radical (unpaired) electrons. The number of carbonyl (C=O) groups is 2. The molecule has 0 aliphatic carbocycles. The molecule has 2 saturated heterocycles. The molecule has 1 atom stereocenters. The Hall–Kier alpha value is -2.15. The molecule has 0 saturated carbocycles. The molecule has 0 unspecified atom stereocenters. The van der Waals surface area contributed by atoms with Crippen LogP contribution in [0.3, 0.4) is 0 Å². The first-order chi connectivity index (χ1) is 11.0. The van der Waals surface area contributed by atoms with Crippen molar-refractivity contribution in [3.05, 3.63) is 30.1 Å². The average Bonchev–Trinajstić information content (AvgIpc) is 2.89. The molecule has 3 rings (SSSR count). The third kappa shape index (κ3) is 3.61. The zero-order chi connectivity index (χ0) is 16.4. The minimum atomic E-state index is -0.331. The first-order valence-electron chi connectivity index (χ1n) is 7.95. The Labute approximate surface area is 134 Å². The van der Waals surface area contributed by atoms with Crippen LogP contribution in [0.5, 0.6) is 0 Å². The van der Waals surface area contributed by atoms with E-state index in [-0.39, 0.29) is 30.2 Å². The number of likely N-dealkylation sites (N-methyl/N-ethyl adjacent to an activating group) is 1. The highest BCUT2D eigenvalue weighted by Crippen LogP contribution is 2.21. The molecule has 1 aromatic rings. The van der Waals surface area contributed by atoms with Crippen LogP contribution in [0.15, 0.2) is 24.3 Å². The molecule has 1 aromatic carbocycles. The molecule has 7 heteroatoms. The number of rotatable bonds is 2. The smallest absolute Gasteiger partial charge is 0.318 e. The maximum atomic E-state index is 13.0. The Morgan fingerprint density at radius 1 is 1.26 bits per heavy atom. The van der Waals surface area contributed by atoms with Crippen LogP contribution < -0.4 is 15.1 Å². The SMILES string of the molecule is C[NH+]1CCN(C(=O)N[C@H]2CC(=O)N(c3ccc(F)cc3)C2)CC1. The third-order valence-electron chi connectivity index (χ3n) is 4.50. The number of hydrogen-bond donors (Lipinski definition) is 2. The van der Waals surface area contributed by atoms with Crippen molar-refractivity contribution in [1.29, 1.82) is 0 Å². The molecule has 0 aromatic heterocycles. The Kier molecular flexibility index (Phi) is 4.47. The lowest BCUT2D eigenvalue weighted by Crippen LogP contribution is -3.12. The van der Waals surface area contributed by atoms with Crippen molar-refractivity contribution < 1.29 is 18.9 Å². The number of anilines is 1. The molecular weight excluding hydrogens is 299 g/mol. The van der Waals surface area contributed by atoms with E-state index in [2.05, 4.69) is 12.4 Å². The van der Waals surface area contributed by atoms with Gasteiger partial charge >= 0.3 is 6.03 Å². The predicted molar refractivity (Wildman–Crippen MR) is 83.9 cm³/mol. The van der Waals surface area contributed by atoms with Crippen LogP contribution in [0.25, 0.3) is 0 Å². The minimum absolute atomic E-state index is 0.0512. The molecule has 6 nitrogen and oxygen atoms in total. The number of nitrogens with zero attached hydrogens (tertiary/aromatic N) is 2. The second-order valence-corrected chi connectivity index (χ2v) is 6.28. The average molecular weight is 321 g/mol. The molecule has 2 N–H and O–H groups in total. The van der Waals surface area contributed by atoms with E-state index in [9.17, 15) is 14.0 Å². The van der Waals surface area contributed by atoms with Gasteiger partial charge in [0, 0.05) is 18.7 Å². The maximum absolute atomic E-state index is 13.0. The van der Waals surface area contributed by atoms with E-state index in [0.717, 1.165) is 26.2 Å². The number of piperazine rings is 1. The monoisotopic (exact) mass is 321 g/mol. The fourth-order valence-electron chi connectivity index (χ4n) is 3.03. The van der Waals surface area contributed by atoms with Crippen molar-refractivity contribution in [2.45, 2.75) is 12.5 Å². The Bertz CT molecular complexity index is 584. The van der Waals surface area contributed by atoms with Gasteiger partial charge in [-0.1, -0.05) is 0 Å². The van der Waals surface area contributed by atoms with Gasteiger partial charge in [-0.2, -0.15) is 0 Å². The molecule has 23 heavy (non-hydrogen) atoms. The van der Waals surface area contributed by atoms with Crippen LogP contribution in [0.4, 0.5) is 14.9 Å². The van der Waals surface area contributed by atoms with Gasteiger partial charge in [-0.15, -0.1) is 0 Å². The summed E-state index contributed by atoms with van der Waals surface area (Å²) >= 11 is 0. The predicted octanol–water partition coefficient (Wildman–Crippen LogP) is -0.529. The summed E-state index contributed by atoms with van der Waals surface area (Å²) in [5.41, 5.74) is 0.663. The molecule has 2 fully saturated rings. The number of quaternary nitrogens is 1. The van der Waals surface area contributed by atoms with Crippen LogP contribution in [0.2, 0.25) is 0 Å². The number of benzene rings is 1. The molecular formula is C16H22FN4O2+. The van der Waals surface area contributed by atoms with Gasteiger partial charge in [0.15, 0.2) is 0 Å². The Balaban J connectivity index is 1.57. The maximum Gasteiger partial charge on any atom is 0.318 e. The van der Waals surface area contributed by atoms with E-state index in [4.69, 9.17) is 0 Å². The van der Waals surface area contributed by atoms with E-state index in [1.807, 2.05) is 0 Å². The second kappa shape index (κ2) is 6.54. The number of hydrogen-bond acceptors (Lipinski definition) is 2. The van der Waals surface area contributed by atoms with E-state index in [1.165, 1.54) is 17.0 Å². The molecule has 0 bridgehead atoms. The van der Waals surface area contributed by atoms with Crippen molar-refractivity contribution in [2.24, 2.45) is 0 Å². The fraction of sp³-hybridized carbons (Fsp3) is 0.500. The van der Waals surface area contributed by atoms with Gasteiger partial charge in [-0.05, 0) is 24.3 Å². The van der Waals surface area contributed by atoms with Gasteiger partial charge in [-0.25, -0.2) is 9.18 Å². The third-order valence-corrected chi connectivity index (χ3v) is 4.50. The van der Waals surface area contributed by atoms with Crippen LogP contribution in [0, 0.1) is 5.82 Å². The largest absolute Gasteiger partial charge is 0.334 e. The molecule has 3 amide bonds. The normalized spacial score (nSPS) is 22.5. The van der Waals surface area contributed by atoms with E-state index in [1.54, 1.807) is 21.9 Å². The Morgan fingerprint density at radius 2 is 1.91 bits per heavy atom. The van der Waals surface area contributed by atoms with Crippen molar-refractivity contribution in [3.8, 4) is 0 Å². The number of urea groups is 1. The number of halogens is 1. The second-order valence-electron chi connectivity index (χ2n) is 6.28. The first-order valence-corrected chi connectivity index (χ1v) is 7.95. The van der Waals surface area contributed by atoms with Crippen LogP contribution in [-0.4, -0.2) is 62.7 Å². The van der Waals surface area contributed by atoms with E-state index >= 15 is 0 Å². The topological polar surface area (TPSA) is 57.1 Å². The van der Waals surface area contributed by atoms with Gasteiger partial charge in [0.1, 0.15) is 5.82 Å². The molecule has 124 valence electrons. The van der Waals surface area contributed by atoms with Crippen molar-refractivity contribution in [3.63, 3.8) is 0 Å². The first kappa shape index (κ1) is 15.7. The van der Waals surface area contributed by atoms with E-state index in [0.29, 0.717) is 12.2 Å². The summed E-state index contributed by atoms with van der Waals surface area (Å²) in [7, 11) is 2.12. The van der Waals surface area contributed by atoms with Crippen LogP contribution >= 0.6 is 0 Å². The van der Waals surface area contributed by atoms with Crippen LogP contribution in [0.1, 0.15) is 6.42 Å². The zero-order valence-electron chi connectivity index (χ0n) is 13.2. The summed E-state index contributed by atoms with van der Waals surface area (Å²) in [6.45, 7) is 3.78. The van der Waals surface area contributed by atoms with Gasteiger partial charge in [0.2, 0.25) is 5.91 Å². The highest BCUT2D eigenvalue weighted by Gasteiger charge is 2.33. The number of nitrogens with one attached hydrogen (secondary N) is 2. The van der Waals surface area contributed by atoms with Gasteiger partial charge in [0.05, 0.1) is 39.3 Å². The number of carbonyl (C=O) groups excluding carboxylic acids is 2. The van der Waals surface area contributed by atoms with E-state index < -0.39 is 0 Å². The molecule has 2 heterocycles. The Morgan fingerprint density at radius 3 is 2.57 bits per heavy atom. The summed E-state index contributed by atoms with van der Waals surface area (Å²) in [5.74, 6) is -0.382. The highest BCUT2D eigenvalue weighted by molar-refractivity contribution is 5.96. The summed E-state index contributed by atoms with van der Waals surface area (Å²) in [6, 6.07) is 5.53. The fourth-order valence-corrected chi connectivity index (χ4v) is 3.03. The molecule has 0 spiro atoms. The zero-order valence-corrected chi connectivity index (χ0v) is 13.2. The summed E-state index contributed by atoms with van der Waals surface area (Å²) < 4.78 is 13.0. The van der Waals surface area contributed by atoms with Gasteiger partial charge < -0.3 is 20.0 Å². The highest BCUT2D eigenvalue weighted by atomic mass is 19.1. The van der Waals surface area contributed by atoms with Crippen molar-refractivity contribution >= 4 is 17.6 Å². The summed E-state index contributed by atoms with van der Waals surface area (Å²) in [5, 5.41) is 2.95. The summed E-state index contributed by atoms with van der Waals surface area (Å²) in [6.07, 6.45) is 0.280. The quantitative estimate of drug-likeness (QED) is 0.769. The van der Waals surface area contributed by atoms with Crippen molar-refractivity contribution in [1.82, 2.24) is 10.2 Å². The lowest BCUT2D eigenvalue weighted by Gasteiger charge is -2.31. The number of amides is 3. The minimum Gasteiger partial charge on any atom is -0.334 e. The van der Waals surface area contributed by atoms with Gasteiger partial charge in [0.25, 0.3) is 0 Å². The molecule has 2 aliphatic rings. The standard InChI is InChI=1S/C16H21FN4O2/c1-19-6-8-20(9-7-19)16(23)18-13-10-15(22)21(11-13)14-4-2-12(17)3-5-14/h2-5,13H,6-11H2,1H3,(H,18,23)/p+1/t13-/m0/s1. The van der Waals surface area contributed by atoms with Gasteiger partial charge in [-0.3, -0.25) is 4.79 Å². The van der Waals surface area contributed by atoms with Crippen LogP contribution in [-0.2, 0) is 4.79 Å². The lowest BCUT2D eigenvalue weighted by molar-refractivity contribution is -0.883. The van der Waals surface area contributed by atoms with Crippen molar-refractivity contribution in [2.75, 3.05) is 44.7 Å².